The van der Waals surface area contributed by atoms with E-state index >= 15 is 0 Å². The third-order valence-corrected chi connectivity index (χ3v) is 5.46. The molecule has 0 spiro atoms. The predicted molar refractivity (Wildman–Crippen MR) is 89.5 cm³/mol. The van der Waals surface area contributed by atoms with Crippen molar-refractivity contribution in [3.8, 4) is 5.69 Å². The molecule has 3 nitrogen and oxygen atoms in total. The molecule has 1 heterocycles. The molecule has 0 bridgehead atoms. The van der Waals surface area contributed by atoms with E-state index in [9.17, 15) is 0 Å². The Hall–Kier alpha value is -1.61. The lowest BCUT2D eigenvalue weighted by atomic mass is 9.88. The molecular weight excluding hydrogens is 270 g/mol. The highest BCUT2D eigenvalue weighted by Gasteiger charge is 2.28. The zero-order valence-corrected chi connectivity index (χ0v) is 13.6. The molecule has 22 heavy (non-hydrogen) atoms. The summed E-state index contributed by atoms with van der Waals surface area (Å²) in [5.74, 6) is 0. The van der Waals surface area contributed by atoms with Gasteiger partial charge >= 0.3 is 0 Å². The molecule has 1 atom stereocenters. The molecule has 1 saturated carbocycles. The van der Waals surface area contributed by atoms with Gasteiger partial charge in [-0.15, -0.1) is 0 Å². The van der Waals surface area contributed by atoms with E-state index in [-0.39, 0.29) is 0 Å². The molecule has 0 amide bonds. The van der Waals surface area contributed by atoms with Crippen molar-refractivity contribution in [2.75, 3.05) is 0 Å². The lowest BCUT2D eigenvalue weighted by Crippen LogP contribution is -2.39. The smallest absolute Gasteiger partial charge is 0.0651 e. The fourth-order valence-corrected chi connectivity index (χ4v) is 3.67. The average Bonchev–Trinajstić information content (AvgIpc) is 2.90. The van der Waals surface area contributed by atoms with Crippen molar-refractivity contribution in [1.29, 1.82) is 0 Å². The topological polar surface area (TPSA) is 29.9 Å². The van der Waals surface area contributed by atoms with Crippen molar-refractivity contribution in [2.24, 2.45) is 0 Å². The van der Waals surface area contributed by atoms with Gasteiger partial charge in [-0.05, 0) is 69.2 Å². The maximum atomic E-state index is 4.72. The van der Waals surface area contributed by atoms with Gasteiger partial charge in [0.1, 0.15) is 0 Å². The molecule has 0 saturated heterocycles. The molecule has 1 aromatic heterocycles. The zero-order chi connectivity index (χ0) is 15.1. The normalized spacial score (nSPS) is 21.5. The van der Waals surface area contributed by atoms with Crippen LogP contribution in [0.1, 0.15) is 60.5 Å². The van der Waals surface area contributed by atoms with Gasteiger partial charge < -0.3 is 5.32 Å². The van der Waals surface area contributed by atoms with Crippen LogP contribution in [-0.2, 0) is 6.42 Å². The van der Waals surface area contributed by atoms with Crippen LogP contribution in [0.15, 0.2) is 24.4 Å². The van der Waals surface area contributed by atoms with Gasteiger partial charge in [-0.25, -0.2) is 4.68 Å². The van der Waals surface area contributed by atoms with Crippen molar-refractivity contribution in [3.63, 3.8) is 0 Å². The maximum Gasteiger partial charge on any atom is 0.0651 e. The Morgan fingerprint density at radius 1 is 1.09 bits per heavy atom. The Morgan fingerprint density at radius 3 is 2.68 bits per heavy atom. The number of nitrogens with one attached hydrogen (secondary N) is 1. The van der Waals surface area contributed by atoms with Gasteiger partial charge in [0.05, 0.1) is 11.9 Å². The number of aromatic nitrogens is 2. The lowest BCUT2D eigenvalue weighted by molar-refractivity contribution is 0.290. The molecule has 1 aromatic carbocycles. The van der Waals surface area contributed by atoms with E-state index in [1.54, 1.807) is 0 Å². The first kappa shape index (κ1) is 14.0. The van der Waals surface area contributed by atoms with Gasteiger partial charge in [0.2, 0.25) is 0 Å². The van der Waals surface area contributed by atoms with Gasteiger partial charge in [-0.3, -0.25) is 0 Å². The van der Waals surface area contributed by atoms with Crippen molar-refractivity contribution in [1.82, 2.24) is 15.1 Å². The standard InChI is InChI=1S/C19H25N3/c1-13-9-10-16(11-14(13)2)22-19-8-4-7-18(17(19)12-20-22)21-15-5-3-6-15/h9-12,15,18,21H,3-8H2,1-2H3. The Morgan fingerprint density at radius 2 is 1.95 bits per heavy atom. The van der Waals surface area contributed by atoms with Gasteiger partial charge in [0, 0.05) is 23.3 Å². The van der Waals surface area contributed by atoms with Crippen LogP contribution in [0, 0.1) is 13.8 Å². The van der Waals surface area contributed by atoms with Gasteiger partial charge in [0.25, 0.3) is 0 Å². The summed E-state index contributed by atoms with van der Waals surface area (Å²) >= 11 is 0. The van der Waals surface area contributed by atoms with Crippen LogP contribution in [-0.4, -0.2) is 15.8 Å². The Bertz CT molecular complexity index is 682. The van der Waals surface area contributed by atoms with E-state index < -0.39 is 0 Å². The van der Waals surface area contributed by atoms with Crippen molar-refractivity contribution in [3.05, 3.63) is 46.8 Å². The Labute approximate surface area is 132 Å². The van der Waals surface area contributed by atoms with E-state index in [0.717, 1.165) is 12.5 Å². The molecule has 1 unspecified atom stereocenters. The molecule has 0 radical (unpaired) electrons. The van der Waals surface area contributed by atoms with E-state index in [2.05, 4.69) is 48.2 Å². The van der Waals surface area contributed by atoms with E-state index in [1.807, 2.05) is 0 Å². The fourth-order valence-electron chi connectivity index (χ4n) is 3.67. The molecule has 3 heteroatoms. The second-order valence-corrected chi connectivity index (χ2v) is 6.97. The highest BCUT2D eigenvalue weighted by Crippen LogP contribution is 2.33. The lowest BCUT2D eigenvalue weighted by Gasteiger charge is -2.33. The first-order valence-electron chi connectivity index (χ1n) is 8.63. The number of fused-ring (bicyclic) bond motifs is 1. The second kappa shape index (κ2) is 5.54. The number of aryl methyl sites for hydroxylation is 2. The molecule has 2 aromatic rings. The summed E-state index contributed by atoms with van der Waals surface area (Å²) in [6, 6.07) is 7.89. The first-order chi connectivity index (χ1) is 10.7. The third kappa shape index (κ3) is 2.38. The van der Waals surface area contributed by atoms with Crippen LogP contribution >= 0.6 is 0 Å². The summed E-state index contributed by atoms with van der Waals surface area (Å²) in [6.07, 6.45) is 9.83. The molecule has 4 rings (SSSR count). The number of hydrogen-bond donors (Lipinski definition) is 1. The predicted octanol–water partition coefficient (Wildman–Crippen LogP) is 4.01. The van der Waals surface area contributed by atoms with Crippen molar-refractivity contribution < 1.29 is 0 Å². The molecule has 0 aliphatic heterocycles. The van der Waals surface area contributed by atoms with Crippen LogP contribution in [0.3, 0.4) is 0 Å². The number of rotatable bonds is 3. The largest absolute Gasteiger partial charge is 0.307 e. The average molecular weight is 295 g/mol. The molecule has 116 valence electrons. The first-order valence-corrected chi connectivity index (χ1v) is 8.63. The third-order valence-electron chi connectivity index (χ3n) is 5.46. The number of nitrogens with zero attached hydrogens (tertiary/aromatic N) is 2. The van der Waals surface area contributed by atoms with Crippen molar-refractivity contribution in [2.45, 2.75) is 64.5 Å². The maximum absolute atomic E-state index is 4.72. The van der Waals surface area contributed by atoms with Gasteiger partial charge in [-0.1, -0.05) is 12.5 Å². The minimum Gasteiger partial charge on any atom is -0.307 e. The molecular formula is C19H25N3. The van der Waals surface area contributed by atoms with E-state index in [4.69, 9.17) is 5.10 Å². The highest BCUT2D eigenvalue weighted by molar-refractivity contribution is 5.42. The summed E-state index contributed by atoms with van der Waals surface area (Å²) in [5.41, 5.74) is 6.72. The van der Waals surface area contributed by atoms with Crippen LogP contribution in [0.2, 0.25) is 0 Å². The summed E-state index contributed by atoms with van der Waals surface area (Å²) in [4.78, 5) is 0. The van der Waals surface area contributed by atoms with Crippen molar-refractivity contribution >= 4 is 0 Å². The number of benzene rings is 1. The van der Waals surface area contributed by atoms with Gasteiger partial charge in [-0.2, -0.15) is 5.10 Å². The summed E-state index contributed by atoms with van der Waals surface area (Å²) < 4.78 is 2.16. The fraction of sp³-hybridized carbons (Fsp3) is 0.526. The summed E-state index contributed by atoms with van der Waals surface area (Å²) in [6.45, 7) is 4.34. The Kier molecular flexibility index (Phi) is 3.53. The van der Waals surface area contributed by atoms with Gasteiger partial charge in [0.15, 0.2) is 0 Å². The summed E-state index contributed by atoms with van der Waals surface area (Å²) in [5, 5.41) is 8.56. The molecule has 2 aliphatic rings. The van der Waals surface area contributed by atoms with E-state index in [1.165, 1.54) is 60.2 Å². The second-order valence-electron chi connectivity index (χ2n) is 6.97. The highest BCUT2D eigenvalue weighted by atomic mass is 15.3. The molecule has 2 aliphatic carbocycles. The van der Waals surface area contributed by atoms with E-state index in [0.29, 0.717) is 6.04 Å². The zero-order valence-electron chi connectivity index (χ0n) is 13.6. The van der Waals surface area contributed by atoms with Crippen LogP contribution in [0.25, 0.3) is 5.69 Å². The molecule has 1 N–H and O–H groups in total. The molecule has 1 fully saturated rings. The quantitative estimate of drug-likeness (QED) is 0.927. The monoisotopic (exact) mass is 295 g/mol. The summed E-state index contributed by atoms with van der Waals surface area (Å²) in [7, 11) is 0. The van der Waals surface area contributed by atoms with Crippen LogP contribution in [0.5, 0.6) is 0 Å². The minimum atomic E-state index is 0.509. The minimum absolute atomic E-state index is 0.509. The number of hydrogen-bond acceptors (Lipinski definition) is 2. The Balaban J connectivity index is 1.66. The van der Waals surface area contributed by atoms with Crippen LogP contribution < -0.4 is 5.32 Å². The SMILES string of the molecule is Cc1ccc(-n2ncc3c2CCCC3NC2CCC2)cc1C. The van der Waals surface area contributed by atoms with Crippen LogP contribution in [0.4, 0.5) is 0 Å².